The summed E-state index contributed by atoms with van der Waals surface area (Å²) >= 11 is 0. The van der Waals surface area contributed by atoms with Crippen molar-refractivity contribution < 1.29 is 9.53 Å². The summed E-state index contributed by atoms with van der Waals surface area (Å²) in [5.74, 6) is 1.63. The lowest BCUT2D eigenvalue weighted by molar-refractivity contribution is -0.115. The lowest BCUT2D eigenvalue weighted by Gasteiger charge is -2.08. The van der Waals surface area contributed by atoms with Crippen LogP contribution in [0, 0.1) is 0 Å². The molecule has 0 spiro atoms. The number of nitrogens with zero attached hydrogens (tertiary/aromatic N) is 2. The highest BCUT2D eigenvalue weighted by Crippen LogP contribution is 2.28. The van der Waals surface area contributed by atoms with Crippen LogP contribution in [0.25, 0.3) is 0 Å². The molecule has 0 fully saturated rings. The molecular formula is C16H19N3O2. The summed E-state index contributed by atoms with van der Waals surface area (Å²) in [4.78, 5) is 12.2. The predicted octanol–water partition coefficient (Wildman–Crippen LogP) is 2.10. The number of fused-ring (bicyclic) bond motifs is 1. The summed E-state index contributed by atoms with van der Waals surface area (Å²) in [6, 6.07) is 7.55. The van der Waals surface area contributed by atoms with Crippen LogP contribution in [0.4, 0.5) is 5.82 Å². The highest BCUT2D eigenvalue weighted by atomic mass is 16.5. The molecule has 0 bridgehead atoms. The van der Waals surface area contributed by atoms with Crippen LogP contribution in [0.2, 0.25) is 0 Å². The van der Waals surface area contributed by atoms with Crippen molar-refractivity contribution >= 4 is 11.7 Å². The van der Waals surface area contributed by atoms with Crippen molar-refractivity contribution in [2.45, 2.75) is 25.7 Å². The Morgan fingerprint density at radius 2 is 2.10 bits per heavy atom. The van der Waals surface area contributed by atoms with E-state index in [0.717, 1.165) is 42.1 Å². The van der Waals surface area contributed by atoms with Gasteiger partial charge in [-0.25, -0.2) is 0 Å². The van der Waals surface area contributed by atoms with Gasteiger partial charge in [-0.2, -0.15) is 5.10 Å². The van der Waals surface area contributed by atoms with Gasteiger partial charge in [0.2, 0.25) is 5.91 Å². The van der Waals surface area contributed by atoms with Crippen molar-refractivity contribution in [2.24, 2.45) is 7.05 Å². The third-order valence-electron chi connectivity index (χ3n) is 3.85. The zero-order valence-corrected chi connectivity index (χ0v) is 12.3. The number of methoxy groups -OCH3 is 1. The molecule has 1 aromatic carbocycles. The second-order valence-corrected chi connectivity index (χ2v) is 5.32. The summed E-state index contributed by atoms with van der Waals surface area (Å²) in [6.07, 6.45) is 3.49. The predicted molar refractivity (Wildman–Crippen MR) is 80.6 cm³/mol. The number of nitrogens with one attached hydrogen (secondary N) is 1. The monoisotopic (exact) mass is 285 g/mol. The van der Waals surface area contributed by atoms with Crippen LogP contribution in [0.15, 0.2) is 24.3 Å². The minimum Gasteiger partial charge on any atom is -0.497 e. The smallest absolute Gasteiger partial charge is 0.229 e. The van der Waals surface area contributed by atoms with E-state index in [1.807, 2.05) is 31.3 Å². The van der Waals surface area contributed by atoms with Gasteiger partial charge in [0.25, 0.3) is 0 Å². The standard InChI is InChI=1S/C16H19N3O2/c1-19-16(13-4-3-5-14(13)18-19)17-15(20)10-11-6-8-12(21-2)9-7-11/h6-9H,3-5,10H2,1-2H3,(H,17,20). The van der Waals surface area contributed by atoms with Crippen molar-refractivity contribution in [3.05, 3.63) is 41.1 Å². The number of amides is 1. The summed E-state index contributed by atoms with van der Waals surface area (Å²) in [5.41, 5.74) is 3.28. The molecule has 0 atom stereocenters. The van der Waals surface area contributed by atoms with E-state index < -0.39 is 0 Å². The molecule has 0 radical (unpaired) electrons. The van der Waals surface area contributed by atoms with Gasteiger partial charge < -0.3 is 10.1 Å². The third kappa shape index (κ3) is 2.77. The summed E-state index contributed by atoms with van der Waals surface area (Å²) in [5, 5.41) is 7.46. The average Bonchev–Trinajstić information content (AvgIpc) is 3.03. The Balaban J connectivity index is 1.69. The van der Waals surface area contributed by atoms with Crippen molar-refractivity contribution in [3.8, 4) is 5.75 Å². The molecule has 1 aliphatic carbocycles. The molecular weight excluding hydrogens is 266 g/mol. The number of anilines is 1. The fraction of sp³-hybridized carbons (Fsp3) is 0.375. The molecule has 1 N–H and O–H groups in total. The Bertz CT molecular complexity index is 659. The number of ether oxygens (including phenoxy) is 1. The van der Waals surface area contributed by atoms with E-state index in [1.165, 1.54) is 5.56 Å². The third-order valence-corrected chi connectivity index (χ3v) is 3.85. The highest BCUT2D eigenvalue weighted by Gasteiger charge is 2.21. The lowest BCUT2D eigenvalue weighted by atomic mass is 10.1. The highest BCUT2D eigenvalue weighted by molar-refractivity contribution is 5.92. The average molecular weight is 285 g/mol. The zero-order chi connectivity index (χ0) is 14.8. The number of carbonyl (C=O) groups excluding carboxylic acids is 1. The summed E-state index contributed by atoms with van der Waals surface area (Å²) in [6.45, 7) is 0. The molecule has 1 amide bonds. The molecule has 3 rings (SSSR count). The molecule has 5 nitrogen and oxygen atoms in total. The van der Waals surface area contributed by atoms with Gasteiger partial charge in [-0.05, 0) is 37.0 Å². The van der Waals surface area contributed by atoms with Gasteiger partial charge >= 0.3 is 0 Å². The van der Waals surface area contributed by atoms with Crippen molar-refractivity contribution in [1.82, 2.24) is 9.78 Å². The summed E-state index contributed by atoms with van der Waals surface area (Å²) < 4.78 is 6.89. The minimum absolute atomic E-state index is 0.0159. The van der Waals surface area contributed by atoms with Crippen LogP contribution in [0.5, 0.6) is 5.75 Å². The number of aryl methyl sites for hydroxylation is 2. The van der Waals surface area contributed by atoms with Gasteiger partial charge in [-0.15, -0.1) is 0 Å². The van der Waals surface area contributed by atoms with E-state index in [2.05, 4.69) is 10.4 Å². The molecule has 1 aliphatic rings. The normalized spacial score (nSPS) is 13.0. The Labute approximate surface area is 123 Å². The Hall–Kier alpha value is -2.30. The maximum atomic E-state index is 12.2. The van der Waals surface area contributed by atoms with E-state index in [4.69, 9.17) is 4.74 Å². The first kappa shape index (κ1) is 13.7. The SMILES string of the molecule is COc1ccc(CC(=O)Nc2c3c(nn2C)CCC3)cc1. The number of carbonyl (C=O) groups is 1. The molecule has 21 heavy (non-hydrogen) atoms. The number of hydrogen-bond donors (Lipinski definition) is 1. The number of hydrogen-bond acceptors (Lipinski definition) is 3. The van der Waals surface area contributed by atoms with E-state index in [9.17, 15) is 4.79 Å². The van der Waals surface area contributed by atoms with Gasteiger partial charge in [0.15, 0.2) is 0 Å². The Morgan fingerprint density at radius 1 is 1.33 bits per heavy atom. The Kier molecular flexibility index (Phi) is 3.64. The molecule has 0 saturated heterocycles. The molecule has 110 valence electrons. The van der Waals surface area contributed by atoms with Crippen molar-refractivity contribution in [1.29, 1.82) is 0 Å². The maximum Gasteiger partial charge on any atom is 0.229 e. The quantitative estimate of drug-likeness (QED) is 0.936. The van der Waals surface area contributed by atoms with Crippen LogP contribution in [0.1, 0.15) is 23.2 Å². The van der Waals surface area contributed by atoms with Crippen LogP contribution in [-0.2, 0) is 31.1 Å². The Morgan fingerprint density at radius 3 is 2.81 bits per heavy atom. The second kappa shape index (κ2) is 5.60. The van der Waals surface area contributed by atoms with E-state index in [-0.39, 0.29) is 5.91 Å². The molecule has 0 aliphatic heterocycles. The first-order valence-corrected chi connectivity index (χ1v) is 7.15. The van der Waals surface area contributed by atoms with Gasteiger partial charge in [0.1, 0.15) is 11.6 Å². The molecule has 5 heteroatoms. The largest absolute Gasteiger partial charge is 0.497 e. The first-order chi connectivity index (χ1) is 10.2. The number of rotatable bonds is 4. The topological polar surface area (TPSA) is 56.1 Å². The first-order valence-electron chi connectivity index (χ1n) is 7.15. The fourth-order valence-electron chi connectivity index (χ4n) is 2.78. The fourth-order valence-corrected chi connectivity index (χ4v) is 2.78. The molecule has 1 aromatic heterocycles. The zero-order valence-electron chi connectivity index (χ0n) is 12.3. The van der Waals surface area contributed by atoms with Crippen LogP contribution in [-0.4, -0.2) is 22.8 Å². The molecule has 0 saturated carbocycles. The number of benzene rings is 1. The van der Waals surface area contributed by atoms with Crippen LogP contribution < -0.4 is 10.1 Å². The van der Waals surface area contributed by atoms with E-state index in [1.54, 1.807) is 11.8 Å². The van der Waals surface area contributed by atoms with Gasteiger partial charge in [0, 0.05) is 12.6 Å². The molecule has 2 aromatic rings. The van der Waals surface area contributed by atoms with E-state index >= 15 is 0 Å². The van der Waals surface area contributed by atoms with Gasteiger partial charge in [-0.1, -0.05) is 12.1 Å². The molecule has 1 heterocycles. The maximum absolute atomic E-state index is 12.2. The number of aromatic nitrogens is 2. The van der Waals surface area contributed by atoms with Gasteiger partial charge in [-0.3, -0.25) is 9.48 Å². The lowest BCUT2D eigenvalue weighted by Crippen LogP contribution is -2.17. The van der Waals surface area contributed by atoms with E-state index in [0.29, 0.717) is 6.42 Å². The van der Waals surface area contributed by atoms with Crippen molar-refractivity contribution in [3.63, 3.8) is 0 Å². The summed E-state index contributed by atoms with van der Waals surface area (Å²) in [7, 11) is 3.51. The van der Waals surface area contributed by atoms with Gasteiger partial charge in [0.05, 0.1) is 19.2 Å². The molecule has 0 unspecified atom stereocenters. The second-order valence-electron chi connectivity index (χ2n) is 5.32. The van der Waals surface area contributed by atoms with Crippen LogP contribution in [0.3, 0.4) is 0 Å². The van der Waals surface area contributed by atoms with Crippen molar-refractivity contribution in [2.75, 3.05) is 12.4 Å². The minimum atomic E-state index is -0.0159. The van der Waals surface area contributed by atoms with Crippen LogP contribution >= 0.6 is 0 Å².